The number of benzene rings is 3. The van der Waals surface area contributed by atoms with Gasteiger partial charge < -0.3 is 4.90 Å². The van der Waals surface area contributed by atoms with E-state index in [1.165, 1.54) is 71.7 Å². The van der Waals surface area contributed by atoms with Crippen molar-refractivity contribution in [3.05, 3.63) is 146 Å². The molecule has 4 aliphatic rings. The zero-order chi connectivity index (χ0) is 24.6. The van der Waals surface area contributed by atoms with Gasteiger partial charge in [0, 0.05) is 27.5 Å². The molecular weight excluding hydrogens is 502 g/mol. The minimum Gasteiger partial charge on any atom is -0.317 e. The molecule has 1 aliphatic heterocycles. The summed E-state index contributed by atoms with van der Waals surface area (Å²) in [5, 5.41) is 0. The smallest absolute Gasteiger partial charge is 0.0545 e. The maximum Gasteiger partial charge on any atom is 0.0545 e. The highest BCUT2D eigenvalue weighted by Crippen LogP contribution is 2.55. The normalized spacial score (nSPS) is 20.4. The Kier molecular flexibility index (Phi) is 4.91. The minimum absolute atomic E-state index is 0.278. The van der Waals surface area contributed by atoms with Gasteiger partial charge in [0.25, 0.3) is 0 Å². The fraction of sp³-hybridized carbons (Fsp3) is 0.176. The van der Waals surface area contributed by atoms with Gasteiger partial charge >= 0.3 is 0 Å². The molecular formula is C34H28BrN. The van der Waals surface area contributed by atoms with Gasteiger partial charge in [0.05, 0.1) is 5.92 Å². The Balaban J connectivity index is 1.37. The summed E-state index contributed by atoms with van der Waals surface area (Å²) in [5.74, 6) is 0.660. The van der Waals surface area contributed by atoms with Gasteiger partial charge in [0.2, 0.25) is 0 Å². The molecule has 0 saturated heterocycles. The van der Waals surface area contributed by atoms with Crippen molar-refractivity contribution in [2.75, 3.05) is 4.90 Å². The first kappa shape index (κ1) is 21.9. The highest BCUT2D eigenvalue weighted by Gasteiger charge is 2.40. The molecule has 0 bridgehead atoms. The van der Waals surface area contributed by atoms with Gasteiger partial charge in [-0.2, -0.15) is 0 Å². The van der Waals surface area contributed by atoms with Crippen LogP contribution in [0.2, 0.25) is 0 Å². The molecule has 3 aromatic rings. The predicted molar refractivity (Wildman–Crippen MR) is 154 cm³/mol. The van der Waals surface area contributed by atoms with Crippen LogP contribution in [0.1, 0.15) is 44.2 Å². The zero-order valence-electron chi connectivity index (χ0n) is 20.8. The van der Waals surface area contributed by atoms with Crippen LogP contribution < -0.4 is 4.90 Å². The summed E-state index contributed by atoms with van der Waals surface area (Å²) in [4.78, 5) is 2.45. The van der Waals surface area contributed by atoms with E-state index in [0.717, 1.165) is 6.42 Å². The van der Waals surface area contributed by atoms with E-state index in [1.807, 2.05) is 0 Å². The summed E-state index contributed by atoms with van der Waals surface area (Å²) in [5.41, 5.74) is 16.6. The van der Waals surface area contributed by atoms with Crippen LogP contribution in [-0.2, 0) is 0 Å². The van der Waals surface area contributed by atoms with Crippen molar-refractivity contribution < 1.29 is 0 Å². The first-order valence-electron chi connectivity index (χ1n) is 12.8. The van der Waals surface area contributed by atoms with E-state index in [1.54, 1.807) is 0 Å². The van der Waals surface area contributed by atoms with Crippen molar-refractivity contribution in [1.82, 2.24) is 0 Å². The molecule has 1 atom stereocenters. The molecule has 1 heterocycles. The molecule has 1 nitrogen and oxygen atoms in total. The van der Waals surface area contributed by atoms with Crippen molar-refractivity contribution in [3.63, 3.8) is 0 Å². The number of allylic oxidation sites excluding steroid dienone is 8. The first-order valence-corrected chi connectivity index (χ1v) is 13.6. The van der Waals surface area contributed by atoms with E-state index in [0.29, 0.717) is 5.92 Å². The van der Waals surface area contributed by atoms with Crippen LogP contribution in [0.15, 0.2) is 135 Å². The Bertz CT molecular complexity index is 1550. The number of anilines is 1. The number of fused-ring (bicyclic) bond motifs is 5. The second-order valence-corrected chi connectivity index (χ2v) is 11.2. The maximum atomic E-state index is 4.09. The highest BCUT2D eigenvalue weighted by molar-refractivity contribution is 9.11. The van der Waals surface area contributed by atoms with Crippen LogP contribution in [0, 0.1) is 5.92 Å². The van der Waals surface area contributed by atoms with E-state index in [2.05, 4.69) is 133 Å². The van der Waals surface area contributed by atoms with E-state index < -0.39 is 0 Å². The first-order chi connectivity index (χ1) is 17.5. The van der Waals surface area contributed by atoms with Gasteiger partial charge in [-0.15, -0.1) is 0 Å². The quantitative estimate of drug-likeness (QED) is 0.326. The van der Waals surface area contributed by atoms with Crippen LogP contribution in [0.5, 0.6) is 0 Å². The molecule has 2 heteroatoms. The third kappa shape index (κ3) is 3.01. The Labute approximate surface area is 222 Å². The minimum atomic E-state index is 0.278. The number of halogens is 1. The van der Waals surface area contributed by atoms with Crippen LogP contribution in [0.25, 0.3) is 11.1 Å². The molecule has 0 radical (unpaired) electrons. The van der Waals surface area contributed by atoms with E-state index in [9.17, 15) is 0 Å². The fourth-order valence-corrected chi connectivity index (χ4v) is 7.60. The monoisotopic (exact) mass is 529 g/mol. The molecule has 7 rings (SSSR count). The molecule has 1 unspecified atom stereocenters. The molecule has 0 N–H and O–H groups in total. The third-order valence-corrected chi connectivity index (χ3v) is 9.42. The molecule has 0 fully saturated rings. The Hall–Kier alpha value is -3.36. The number of para-hydroxylation sites is 1. The third-order valence-electron chi connectivity index (χ3n) is 8.53. The Morgan fingerprint density at radius 3 is 2.00 bits per heavy atom. The van der Waals surface area contributed by atoms with Gasteiger partial charge in [0.15, 0.2) is 0 Å². The summed E-state index contributed by atoms with van der Waals surface area (Å²) >= 11 is 4.09. The van der Waals surface area contributed by atoms with Crippen molar-refractivity contribution >= 4 is 21.6 Å². The molecule has 0 aromatic heterocycles. The Morgan fingerprint density at radius 1 is 0.722 bits per heavy atom. The van der Waals surface area contributed by atoms with Crippen molar-refractivity contribution in [2.45, 2.75) is 33.1 Å². The SMILES string of the molecule is CC1=CC2=C(Br)C3C(=CC2=C1CC1c2ccccc2-c2ccccc21)N(c1ccccc1)C(C)=C3C. The molecule has 0 amide bonds. The number of rotatable bonds is 3. The molecule has 3 aromatic carbocycles. The topological polar surface area (TPSA) is 3.24 Å². The van der Waals surface area contributed by atoms with Crippen molar-refractivity contribution in [1.29, 1.82) is 0 Å². The largest absolute Gasteiger partial charge is 0.317 e. The van der Waals surface area contributed by atoms with Crippen molar-refractivity contribution in [3.8, 4) is 11.1 Å². The van der Waals surface area contributed by atoms with Crippen LogP contribution in [0.4, 0.5) is 5.69 Å². The summed E-state index contributed by atoms with van der Waals surface area (Å²) in [6.45, 7) is 6.83. The lowest BCUT2D eigenvalue weighted by atomic mass is 9.84. The van der Waals surface area contributed by atoms with Crippen LogP contribution in [-0.4, -0.2) is 0 Å². The molecule has 36 heavy (non-hydrogen) atoms. The predicted octanol–water partition coefficient (Wildman–Crippen LogP) is 9.42. The van der Waals surface area contributed by atoms with Gasteiger partial charge in [-0.3, -0.25) is 0 Å². The van der Waals surface area contributed by atoms with Gasteiger partial charge in [-0.1, -0.05) is 88.7 Å². The summed E-state index contributed by atoms with van der Waals surface area (Å²) in [6.07, 6.45) is 5.90. The van der Waals surface area contributed by atoms with Crippen LogP contribution >= 0.6 is 15.9 Å². The van der Waals surface area contributed by atoms with Gasteiger partial charge in [-0.05, 0) is 95.5 Å². The lowest BCUT2D eigenvalue weighted by Crippen LogP contribution is -2.21. The molecule has 176 valence electrons. The molecule has 0 saturated carbocycles. The Morgan fingerprint density at radius 2 is 1.33 bits per heavy atom. The second kappa shape index (κ2) is 8.08. The number of nitrogens with zero attached hydrogens (tertiary/aromatic N) is 1. The highest BCUT2D eigenvalue weighted by atomic mass is 79.9. The van der Waals surface area contributed by atoms with Gasteiger partial charge in [0.1, 0.15) is 0 Å². The second-order valence-electron chi connectivity index (χ2n) is 10.4. The van der Waals surface area contributed by atoms with E-state index >= 15 is 0 Å². The molecule has 0 spiro atoms. The van der Waals surface area contributed by atoms with Gasteiger partial charge in [-0.25, -0.2) is 0 Å². The van der Waals surface area contributed by atoms with Crippen LogP contribution in [0.3, 0.4) is 0 Å². The number of hydrogen-bond acceptors (Lipinski definition) is 1. The average molecular weight is 531 g/mol. The van der Waals surface area contributed by atoms with Crippen molar-refractivity contribution in [2.24, 2.45) is 5.92 Å². The molecule has 3 aliphatic carbocycles. The lowest BCUT2D eigenvalue weighted by molar-refractivity contribution is 0.817. The fourth-order valence-electron chi connectivity index (χ4n) is 6.69. The summed E-state index contributed by atoms with van der Waals surface area (Å²) in [6, 6.07) is 28.7. The zero-order valence-corrected chi connectivity index (χ0v) is 22.4. The standard InChI is InChI=1S/C34H28BrN/c1-20-17-31-30(19-32-33(34(31)35)21(2)22(3)36(32)23-11-5-4-6-12-23)28(20)18-29-26-15-9-7-13-24(26)25-14-8-10-16-27(25)29/h4-17,19,29,33H,18H2,1-3H3. The summed E-state index contributed by atoms with van der Waals surface area (Å²) in [7, 11) is 0. The average Bonchev–Trinajstić information content (AvgIpc) is 3.49. The maximum absolute atomic E-state index is 4.09. The van der Waals surface area contributed by atoms with E-state index in [4.69, 9.17) is 0 Å². The van der Waals surface area contributed by atoms with E-state index in [-0.39, 0.29) is 5.92 Å². The summed E-state index contributed by atoms with van der Waals surface area (Å²) < 4.78 is 1.30. The number of hydrogen-bond donors (Lipinski definition) is 0. The lowest BCUT2D eigenvalue weighted by Gasteiger charge is -2.29.